The summed E-state index contributed by atoms with van der Waals surface area (Å²) in [7, 11) is 0. The number of pyridine rings is 1. The van der Waals surface area contributed by atoms with E-state index in [9.17, 15) is 9.90 Å². The second-order valence-electron chi connectivity index (χ2n) is 4.48. The number of rotatable bonds is 3. The molecule has 7 heteroatoms. The summed E-state index contributed by atoms with van der Waals surface area (Å²) < 4.78 is 0. The Bertz CT molecular complexity index is 479. The van der Waals surface area contributed by atoms with E-state index in [1.807, 2.05) is 11.8 Å². The lowest BCUT2D eigenvalue weighted by Crippen LogP contribution is -2.45. The number of aliphatic hydroxyl groups is 1. The summed E-state index contributed by atoms with van der Waals surface area (Å²) in [4.78, 5) is 15.9. The van der Waals surface area contributed by atoms with Crippen LogP contribution < -0.4 is 5.32 Å². The highest BCUT2D eigenvalue weighted by atomic mass is 35.5. The number of hydrogen-bond donors (Lipinski definition) is 2. The van der Waals surface area contributed by atoms with Gasteiger partial charge in [-0.2, -0.15) is 11.8 Å². The van der Waals surface area contributed by atoms with Crippen molar-refractivity contribution in [2.45, 2.75) is 18.4 Å². The van der Waals surface area contributed by atoms with Crippen LogP contribution in [0.25, 0.3) is 0 Å². The predicted molar refractivity (Wildman–Crippen MR) is 78.1 cm³/mol. The van der Waals surface area contributed by atoms with Gasteiger partial charge in [0.25, 0.3) is 5.91 Å². The molecule has 1 fully saturated rings. The van der Waals surface area contributed by atoms with Crippen LogP contribution in [0.15, 0.2) is 12.1 Å². The minimum Gasteiger partial charge on any atom is -0.388 e. The third kappa shape index (κ3) is 3.99. The van der Waals surface area contributed by atoms with E-state index in [1.54, 1.807) is 0 Å². The number of hydrogen-bond acceptors (Lipinski definition) is 4. The zero-order chi connectivity index (χ0) is 13.9. The van der Waals surface area contributed by atoms with Gasteiger partial charge in [-0.25, -0.2) is 4.98 Å². The molecule has 0 aromatic carbocycles. The minimum atomic E-state index is -0.827. The Labute approximate surface area is 125 Å². The number of aromatic nitrogens is 1. The number of amides is 1. The lowest BCUT2D eigenvalue weighted by molar-refractivity contribution is 0.0310. The van der Waals surface area contributed by atoms with Crippen LogP contribution in [-0.2, 0) is 0 Å². The van der Waals surface area contributed by atoms with E-state index in [2.05, 4.69) is 10.3 Å². The number of carbonyl (C=O) groups excluding carboxylic acids is 1. The molecule has 104 valence electrons. The van der Waals surface area contributed by atoms with Crippen LogP contribution >= 0.6 is 35.0 Å². The molecular formula is C12H14Cl2N2O2S. The Hall–Kier alpha value is -0.490. The fourth-order valence-corrected chi connectivity index (χ4v) is 3.43. The molecule has 0 saturated carbocycles. The van der Waals surface area contributed by atoms with E-state index < -0.39 is 11.5 Å². The molecule has 4 nitrogen and oxygen atoms in total. The first-order valence-electron chi connectivity index (χ1n) is 5.91. The third-order valence-corrected chi connectivity index (χ3v) is 4.53. The predicted octanol–water partition coefficient (Wildman–Crippen LogP) is 2.38. The van der Waals surface area contributed by atoms with Gasteiger partial charge in [-0.15, -0.1) is 0 Å². The molecule has 1 aromatic heterocycles. The van der Waals surface area contributed by atoms with Gasteiger partial charge in [0.2, 0.25) is 0 Å². The molecule has 0 atom stereocenters. The maximum absolute atomic E-state index is 12.0. The first kappa shape index (κ1) is 14.9. The van der Waals surface area contributed by atoms with Crippen molar-refractivity contribution in [2.75, 3.05) is 18.1 Å². The number of halogens is 2. The molecule has 0 aliphatic carbocycles. The summed E-state index contributed by atoms with van der Waals surface area (Å²) in [6.45, 7) is 0.205. The molecule has 0 radical (unpaired) electrons. The minimum absolute atomic E-state index is 0.0861. The average Bonchev–Trinajstić information content (AvgIpc) is 2.40. The van der Waals surface area contributed by atoms with E-state index in [-0.39, 0.29) is 22.4 Å². The van der Waals surface area contributed by atoms with Crippen molar-refractivity contribution in [3.63, 3.8) is 0 Å². The van der Waals surface area contributed by atoms with Crippen LogP contribution in [0.1, 0.15) is 23.3 Å². The van der Waals surface area contributed by atoms with Crippen molar-refractivity contribution in [1.82, 2.24) is 10.3 Å². The zero-order valence-electron chi connectivity index (χ0n) is 10.2. The molecule has 2 heterocycles. The Morgan fingerprint density at radius 1 is 1.42 bits per heavy atom. The van der Waals surface area contributed by atoms with Gasteiger partial charge in [0, 0.05) is 6.54 Å². The number of nitrogens with zero attached hydrogens (tertiary/aromatic N) is 1. The highest BCUT2D eigenvalue weighted by molar-refractivity contribution is 7.99. The van der Waals surface area contributed by atoms with Gasteiger partial charge in [-0.1, -0.05) is 23.2 Å². The van der Waals surface area contributed by atoms with Crippen LogP contribution in [0.2, 0.25) is 10.2 Å². The quantitative estimate of drug-likeness (QED) is 0.839. The molecule has 0 unspecified atom stereocenters. The van der Waals surface area contributed by atoms with Crippen molar-refractivity contribution in [2.24, 2.45) is 0 Å². The smallest absolute Gasteiger partial charge is 0.271 e. The Balaban J connectivity index is 1.99. The molecule has 1 aromatic rings. The summed E-state index contributed by atoms with van der Waals surface area (Å²) in [5.41, 5.74) is -0.741. The lowest BCUT2D eigenvalue weighted by Gasteiger charge is -2.31. The van der Waals surface area contributed by atoms with E-state index in [4.69, 9.17) is 23.2 Å². The van der Waals surface area contributed by atoms with Crippen LogP contribution in [0.4, 0.5) is 0 Å². The molecule has 1 saturated heterocycles. The molecule has 19 heavy (non-hydrogen) atoms. The topological polar surface area (TPSA) is 62.2 Å². The van der Waals surface area contributed by atoms with Gasteiger partial charge in [-0.05, 0) is 36.5 Å². The fraction of sp³-hybridized carbons (Fsp3) is 0.500. The first-order chi connectivity index (χ1) is 9.00. The van der Waals surface area contributed by atoms with Gasteiger partial charge in [-0.3, -0.25) is 4.79 Å². The summed E-state index contributed by atoms with van der Waals surface area (Å²) in [6, 6.07) is 3.05. The molecular weight excluding hydrogens is 307 g/mol. The summed E-state index contributed by atoms with van der Waals surface area (Å²) in [5.74, 6) is 1.39. The van der Waals surface area contributed by atoms with Crippen LogP contribution in [0.5, 0.6) is 0 Å². The third-order valence-electron chi connectivity index (χ3n) is 3.03. The monoisotopic (exact) mass is 320 g/mol. The fourth-order valence-electron chi connectivity index (χ4n) is 1.83. The summed E-state index contributed by atoms with van der Waals surface area (Å²) in [5, 5.41) is 13.4. The highest BCUT2D eigenvalue weighted by Gasteiger charge is 2.30. The lowest BCUT2D eigenvalue weighted by atomic mass is 9.97. The second-order valence-corrected chi connectivity index (χ2v) is 6.50. The average molecular weight is 321 g/mol. The largest absolute Gasteiger partial charge is 0.388 e. The Morgan fingerprint density at radius 3 is 2.79 bits per heavy atom. The molecule has 1 amide bonds. The van der Waals surface area contributed by atoms with Gasteiger partial charge in [0.15, 0.2) is 0 Å². The van der Waals surface area contributed by atoms with Crippen molar-refractivity contribution >= 4 is 40.9 Å². The van der Waals surface area contributed by atoms with Crippen LogP contribution in [-0.4, -0.2) is 39.6 Å². The first-order valence-corrected chi connectivity index (χ1v) is 7.82. The van der Waals surface area contributed by atoms with Crippen LogP contribution in [0.3, 0.4) is 0 Å². The summed E-state index contributed by atoms with van der Waals surface area (Å²) >= 11 is 13.4. The van der Waals surface area contributed by atoms with Crippen molar-refractivity contribution in [3.05, 3.63) is 28.0 Å². The van der Waals surface area contributed by atoms with Crippen molar-refractivity contribution in [3.8, 4) is 0 Å². The molecule has 2 rings (SSSR count). The molecule has 2 N–H and O–H groups in total. The number of carbonyl (C=O) groups is 1. The number of nitrogens with one attached hydrogen (secondary N) is 1. The molecule has 1 aliphatic rings. The van der Waals surface area contributed by atoms with Crippen molar-refractivity contribution in [1.29, 1.82) is 0 Å². The molecule has 1 aliphatic heterocycles. The van der Waals surface area contributed by atoms with E-state index in [0.717, 1.165) is 11.5 Å². The van der Waals surface area contributed by atoms with Gasteiger partial charge in [0.05, 0.1) is 10.6 Å². The second kappa shape index (κ2) is 6.31. The Morgan fingerprint density at radius 2 is 2.11 bits per heavy atom. The van der Waals surface area contributed by atoms with Gasteiger partial charge < -0.3 is 10.4 Å². The van der Waals surface area contributed by atoms with Gasteiger partial charge >= 0.3 is 0 Å². The SMILES string of the molecule is O=C(NCC1(O)CCSCC1)c1nc(Cl)ccc1Cl. The summed E-state index contributed by atoms with van der Waals surface area (Å²) in [6.07, 6.45) is 1.35. The van der Waals surface area contributed by atoms with E-state index in [1.165, 1.54) is 12.1 Å². The highest BCUT2D eigenvalue weighted by Crippen LogP contribution is 2.26. The molecule has 0 spiro atoms. The molecule has 0 bridgehead atoms. The normalized spacial score (nSPS) is 18.1. The maximum Gasteiger partial charge on any atom is 0.271 e. The standard InChI is InChI=1S/C12H14Cl2N2O2S/c13-8-1-2-9(14)16-10(8)11(17)15-7-12(18)3-5-19-6-4-12/h1-2,18H,3-7H2,(H,15,17). The van der Waals surface area contributed by atoms with Gasteiger partial charge in [0.1, 0.15) is 10.8 Å². The zero-order valence-corrected chi connectivity index (χ0v) is 12.5. The maximum atomic E-state index is 12.0. The number of thioether (sulfide) groups is 1. The van der Waals surface area contributed by atoms with E-state index >= 15 is 0 Å². The van der Waals surface area contributed by atoms with E-state index in [0.29, 0.717) is 12.8 Å². The van der Waals surface area contributed by atoms with Crippen molar-refractivity contribution < 1.29 is 9.90 Å². The van der Waals surface area contributed by atoms with Crippen LogP contribution in [0, 0.1) is 0 Å². The Kier molecular flexibility index (Phi) is 4.95.